The molecule has 0 spiro atoms. The third-order valence-corrected chi connectivity index (χ3v) is 6.87. The highest BCUT2D eigenvalue weighted by Gasteiger charge is 2.64. The van der Waals surface area contributed by atoms with Gasteiger partial charge < -0.3 is 14.4 Å². The van der Waals surface area contributed by atoms with Crippen LogP contribution in [0.1, 0.15) is 38.2 Å². The maximum atomic E-state index is 12.9. The Kier molecular flexibility index (Phi) is 4.49. The third kappa shape index (κ3) is 3.03. The number of amides is 2. The van der Waals surface area contributed by atoms with Crippen molar-refractivity contribution in [1.82, 2.24) is 14.4 Å². The van der Waals surface area contributed by atoms with Gasteiger partial charge in [0.25, 0.3) is 0 Å². The average molecular weight is 367 g/mol. The quantitative estimate of drug-likeness (QED) is 0.771. The van der Waals surface area contributed by atoms with Crippen molar-refractivity contribution in [2.24, 2.45) is 17.9 Å². The standard InChI is InChI=1S/C22H29N3O2/c1-3-6-19(26)24-14-21-10-4-5-11-22(21,15-24)17-25(16-21)20(27)8-7-18-9-12-23(2)13-18/h3,6-9,12-13H,4-5,10-11,14-17H2,1-2H3/b6-3+,8-7+. The lowest BCUT2D eigenvalue weighted by Crippen LogP contribution is -2.42. The van der Waals surface area contributed by atoms with Crippen molar-refractivity contribution in [2.75, 3.05) is 26.2 Å². The molecule has 0 bridgehead atoms. The zero-order valence-electron chi connectivity index (χ0n) is 16.4. The van der Waals surface area contributed by atoms with Gasteiger partial charge in [-0.2, -0.15) is 0 Å². The number of allylic oxidation sites excluding steroid dienone is 1. The summed E-state index contributed by atoms with van der Waals surface area (Å²) in [6.07, 6.45) is 15.7. The predicted molar refractivity (Wildman–Crippen MR) is 106 cm³/mol. The molecule has 3 heterocycles. The van der Waals surface area contributed by atoms with Crippen LogP contribution >= 0.6 is 0 Å². The molecule has 144 valence electrons. The molecule has 27 heavy (non-hydrogen) atoms. The van der Waals surface area contributed by atoms with E-state index < -0.39 is 0 Å². The fourth-order valence-electron chi connectivity index (χ4n) is 5.57. The second-order valence-electron chi connectivity index (χ2n) is 8.60. The van der Waals surface area contributed by atoms with E-state index >= 15 is 0 Å². The van der Waals surface area contributed by atoms with Gasteiger partial charge >= 0.3 is 0 Å². The Labute approximate surface area is 161 Å². The first-order valence-corrected chi connectivity index (χ1v) is 9.98. The lowest BCUT2D eigenvalue weighted by molar-refractivity contribution is -0.127. The van der Waals surface area contributed by atoms with Crippen LogP contribution in [0.5, 0.6) is 0 Å². The van der Waals surface area contributed by atoms with E-state index in [1.807, 2.05) is 59.0 Å². The molecule has 3 fully saturated rings. The van der Waals surface area contributed by atoms with Crippen molar-refractivity contribution in [3.63, 3.8) is 0 Å². The summed E-state index contributed by atoms with van der Waals surface area (Å²) in [6, 6.07) is 2.00. The number of aryl methyl sites for hydroxylation is 1. The Morgan fingerprint density at radius 1 is 0.963 bits per heavy atom. The van der Waals surface area contributed by atoms with Gasteiger partial charge in [-0.15, -0.1) is 0 Å². The number of rotatable bonds is 3. The molecule has 0 radical (unpaired) electrons. The zero-order valence-corrected chi connectivity index (χ0v) is 16.4. The molecule has 2 amide bonds. The SMILES string of the molecule is C/C=C/C(=O)N1CC23CCCCC2(C1)CN(C(=O)/C=C/c1ccn(C)c1)C3. The zero-order chi connectivity index (χ0) is 19.1. The van der Waals surface area contributed by atoms with Gasteiger partial charge in [0.1, 0.15) is 0 Å². The van der Waals surface area contributed by atoms with Crippen LogP contribution in [0.4, 0.5) is 0 Å². The highest BCUT2D eigenvalue weighted by Crippen LogP contribution is 2.59. The van der Waals surface area contributed by atoms with Crippen LogP contribution in [0.2, 0.25) is 0 Å². The van der Waals surface area contributed by atoms with Crippen molar-refractivity contribution in [2.45, 2.75) is 32.6 Å². The van der Waals surface area contributed by atoms with Crippen molar-refractivity contribution in [1.29, 1.82) is 0 Å². The van der Waals surface area contributed by atoms with E-state index in [0.29, 0.717) is 0 Å². The van der Waals surface area contributed by atoms with E-state index in [-0.39, 0.29) is 22.6 Å². The fraction of sp³-hybridized carbons (Fsp3) is 0.545. The van der Waals surface area contributed by atoms with E-state index in [4.69, 9.17) is 0 Å². The van der Waals surface area contributed by atoms with Crippen LogP contribution in [0.15, 0.2) is 36.7 Å². The van der Waals surface area contributed by atoms with Gasteiger partial charge in [0.05, 0.1) is 0 Å². The molecule has 2 atom stereocenters. The lowest BCUT2D eigenvalue weighted by atomic mass is 9.60. The van der Waals surface area contributed by atoms with Crippen LogP contribution in [-0.2, 0) is 16.6 Å². The Morgan fingerprint density at radius 2 is 1.52 bits per heavy atom. The lowest BCUT2D eigenvalue weighted by Gasteiger charge is -2.41. The summed E-state index contributed by atoms with van der Waals surface area (Å²) < 4.78 is 1.98. The molecule has 1 aliphatic carbocycles. The molecule has 0 aromatic carbocycles. The van der Waals surface area contributed by atoms with E-state index in [9.17, 15) is 9.59 Å². The van der Waals surface area contributed by atoms with Gasteiger partial charge in [0.2, 0.25) is 11.8 Å². The number of hydrogen-bond donors (Lipinski definition) is 0. The van der Waals surface area contributed by atoms with Gasteiger partial charge in [-0.05, 0) is 43.5 Å². The van der Waals surface area contributed by atoms with Crippen LogP contribution in [0.25, 0.3) is 6.08 Å². The molecule has 5 heteroatoms. The first-order valence-electron chi connectivity index (χ1n) is 9.98. The van der Waals surface area contributed by atoms with Crippen LogP contribution in [-0.4, -0.2) is 52.4 Å². The summed E-state index contributed by atoms with van der Waals surface area (Å²) in [6.45, 7) is 5.04. The normalized spacial score (nSPS) is 30.3. The van der Waals surface area contributed by atoms with Gasteiger partial charge in [-0.25, -0.2) is 0 Å². The number of carbonyl (C=O) groups excluding carboxylic acids is 2. The number of nitrogens with zero attached hydrogens (tertiary/aromatic N) is 3. The Morgan fingerprint density at radius 3 is 2.00 bits per heavy atom. The summed E-state index contributed by atoms with van der Waals surface area (Å²) in [4.78, 5) is 29.3. The van der Waals surface area contributed by atoms with Crippen molar-refractivity contribution in [3.05, 3.63) is 42.3 Å². The Bertz CT molecular complexity index is 784. The smallest absolute Gasteiger partial charge is 0.246 e. The maximum Gasteiger partial charge on any atom is 0.246 e. The van der Waals surface area contributed by atoms with Crippen molar-refractivity contribution < 1.29 is 9.59 Å². The monoisotopic (exact) mass is 367 g/mol. The van der Waals surface area contributed by atoms with Gasteiger partial charge in [-0.3, -0.25) is 9.59 Å². The third-order valence-electron chi connectivity index (χ3n) is 6.87. The van der Waals surface area contributed by atoms with E-state index in [1.165, 1.54) is 12.8 Å². The highest BCUT2D eigenvalue weighted by molar-refractivity contribution is 5.92. The molecule has 1 aromatic rings. The summed E-state index contributed by atoms with van der Waals surface area (Å²) in [5.74, 6) is 0.217. The van der Waals surface area contributed by atoms with Gasteiger partial charge in [-0.1, -0.05) is 18.9 Å². The van der Waals surface area contributed by atoms with E-state index in [0.717, 1.165) is 44.6 Å². The van der Waals surface area contributed by atoms with Crippen molar-refractivity contribution in [3.8, 4) is 0 Å². The molecule has 2 saturated heterocycles. The number of likely N-dealkylation sites (tertiary alicyclic amines) is 2. The molecule has 0 N–H and O–H groups in total. The Hall–Kier alpha value is -2.30. The first kappa shape index (κ1) is 18.1. The molecule has 1 aromatic heterocycles. The second-order valence-corrected chi connectivity index (χ2v) is 8.60. The fourth-order valence-corrected chi connectivity index (χ4v) is 5.57. The van der Waals surface area contributed by atoms with Crippen molar-refractivity contribution >= 4 is 17.9 Å². The minimum Gasteiger partial charge on any atom is -0.357 e. The molecule has 2 aliphatic heterocycles. The maximum absolute atomic E-state index is 12.9. The summed E-state index contributed by atoms with van der Waals surface area (Å²) in [5.41, 5.74) is 1.21. The predicted octanol–water partition coefficient (Wildman–Crippen LogP) is 2.85. The Balaban J connectivity index is 1.51. The summed E-state index contributed by atoms with van der Waals surface area (Å²) in [5, 5.41) is 0. The summed E-state index contributed by atoms with van der Waals surface area (Å²) in [7, 11) is 1.98. The van der Waals surface area contributed by atoms with Crippen LogP contribution < -0.4 is 0 Å². The van der Waals surface area contributed by atoms with Crippen LogP contribution in [0.3, 0.4) is 0 Å². The minimum atomic E-state index is 0.0821. The minimum absolute atomic E-state index is 0.0821. The topological polar surface area (TPSA) is 45.6 Å². The van der Waals surface area contributed by atoms with Gasteiger partial charge in [0.15, 0.2) is 0 Å². The number of aromatic nitrogens is 1. The molecular weight excluding hydrogens is 338 g/mol. The summed E-state index contributed by atoms with van der Waals surface area (Å²) >= 11 is 0. The second kappa shape index (κ2) is 6.70. The largest absolute Gasteiger partial charge is 0.357 e. The molecule has 3 aliphatic rings. The average Bonchev–Trinajstić information content (AvgIpc) is 3.29. The molecular formula is C22H29N3O2. The molecule has 1 saturated carbocycles. The van der Waals surface area contributed by atoms with E-state index in [2.05, 4.69) is 0 Å². The van der Waals surface area contributed by atoms with E-state index in [1.54, 1.807) is 12.2 Å². The van der Waals surface area contributed by atoms with Crippen LogP contribution in [0, 0.1) is 10.8 Å². The molecule has 2 unspecified atom stereocenters. The number of hydrogen-bond acceptors (Lipinski definition) is 2. The number of carbonyl (C=O) groups is 2. The molecule has 4 rings (SSSR count). The highest BCUT2D eigenvalue weighted by atomic mass is 16.2. The van der Waals surface area contributed by atoms with Gasteiger partial charge in [0, 0.05) is 62.5 Å². The first-order chi connectivity index (χ1) is 13.0. The molecule has 5 nitrogen and oxygen atoms in total.